The normalized spacial score (nSPS) is 21.2. The van der Waals surface area contributed by atoms with Crippen molar-refractivity contribution in [3.8, 4) is 0 Å². The average molecular weight is 227 g/mol. The lowest BCUT2D eigenvalue weighted by Crippen LogP contribution is -2.50. The molecule has 1 unspecified atom stereocenters. The molecule has 0 aromatic carbocycles. The molecule has 1 aliphatic heterocycles. The molecular weight excluding hydrogens is 206 g/mol. The molecule has 0 aromatic rings. The molecular formula is C12H21NO3. The molecule has 1 rings (SSSR count). The van der Waals surface area contributed by atoms with Crippen LogP contribution >= 0.6 is 0 Å². The van der Waals surface area contributed by atoms with Gasteiger partial charge in [0.1, 0.15) is 6.23 Å². The first kappa shape index (κ1) is 13.2. The second kappa shape index (κ2) is 4.97. The maximum atomic E-state index is 11.6. The van der Waals surface area contributed by atoms with Gasteiger partial charge in [0, 0.05) is 18.2 Å². The summed E-state index contributed by atoms with van der Waals surface area (Å²) in [6, 6.07) is 0. The fourth-order valence-corrected chi connectivity index (χ4v) is 1.79. The van der Waals surface area contributed by atoms with Crippen LogP contribution in [0.1, 0.15) is 34.1 Å². The summed E-state index contributed by atoms with van der Waals surface area (Å²) in [5.74, 6) is -0.137. The summed E-state index contributed by atoms with van der Waals surface area (Å²) in [4.78, 5) is 13.0. The minimum Gasteiger partial charge on any atom is -0.379 e. The van der Waals surface area contributed by atoms with Crippen molar-refractivity contribution >= 4 is 5.91 Å². The Labute approximate surface area is 96.9 Å². The molecule has 0 spiro atoms. The van der Waals surface area contributed by atoms with E-state index in [1.54, 1.807) is 0 Å². The topological polar surface area (TPSA) is 49.8 Å². The molecule has 0 bridgehead atoms. The smallest absolute Gasteiger partial charge is 0.249 e. The van der Waals surface area contributed by atoms with Crippen molar-refractivity contribution in [2.75, 3.05) is 6.61 Å². The van der Waals surface area contributed by atoms with Gasteiger partial charge in [-0.15, -0.1) is 0 Å². The van der Waals surface area contributed by atoms with Gasteiger partial charge in [0.2, 0.25) is 5.91 Å². The van der Waals surface area contributed by atoms with Crippen molar-refractivity contribution in [2.45, 2.75) is 52.0 Å². The van der Waals surface area contributed by atoms with E-state index in [2.05, 4.69) is 0 Å². The lowest BCUT2D eigenvalue weighted by molar-refractivity contribution is -0.140. The predicted octanol–water partition coefficient (Wildman–Crippen LogP) is 1.30. The third-order valence-corrected chi connectivity index (χ3v) is 2.73. The standard InChI is InChI=1S/C12H21NO3/c1-9(2)16-8-7-12(3,4)13-10(14)5-6-11(13)15/h5-6,9-10,14H,7-8H2,1-4H3. The van der Waals surface area contributed by atoms with E-state index in [1.165, 1.54) is 17.1 Å². The molecule has 0 saturated heterocycles. The number of carbonyl (C=O) groups excluding carboxylic acids is 1. The Balaban J connectivity index is 2.53. The average Bonchev–Trinajstić information content (AvgIpc) is 2.45. The molecule has 0 saturated carbocycles. The van der Waals surface area contributed by atoms with Crippen LogP contribution in [0.4, 0.5) is 0 Å². The third kappa shape index (κ3) is 3.06. The molecule has 4 heteroatoms. The van der Waals surface area contributed by atoms with Crippen molar-refractivity contribution in [3.63, 3.8) is 0 Å². The zero-order chi connectivity index (χ0) is 12.3. The Morgan fingerprint density at radius 1 is 1.56 bits per heavy atom. The summed E-state index contributed by atoms with van der Waals surface area (Å²) in [6.07, 6.45) is 3.01. The Kier molecular flexibility index (Phi) is 4.10. The van der Waals surface area contributed by atoms with E-state index < -0.39 is 11.8 Å². The van der Waals surface area contributed by atoms with Gasteiger partial charge in [-0.25, -0.2) is 0 Å². The molecule has 16 heavy (non-hydrogen) atoms. The monoisotopic (exact) mass is 227 g/mol. The van der Waals surface area contributed by atoms with E-state index in [1.807, 2.05) is 27.7 Å². The van der Waals surface area contributed by atoms with Crippen LogP contribution in [-0.2, 0) is 9.53 Å². The molecule has 1 amide bonds. The number of ether oxygens (including phenoxy) is 1. The molecule has 0 aromatic heterocycles. The van der Waals surface area contributed by atoms with Gasteiger partial charge in [0.25, 0.3) is 0 Å². The number of aliphatic hydroxyl groups is 1. The molecule has 4 nitrogen and oxygen atoms in total. The van der Waals surface area contributed by atoms with Gasteiger partial charge in [-0.1, -0.05) is 0 Å². The maximum absolute atomic E-state index is 11.6. The lowest BCUT2D eigenvalue weighted by atomic mass is 9.98. The van der Waals surface area contributed by atoms with Crippen LogP contribution in [0.2, 0.25) is 0 Å². The molecule has 1 heterocycles. The van der Waals surface area contributed by atoms with Crippen molar-refractivity contribution < 1.29 is 14.6 Å². The zero-order valence-electron chi connectivity index (χ0n) is 10.4. The highest BCUT2D eigenvalue weighted by atomic mass is 16.5. The molecule has 1 N–H and O–H groups in total. The van der Waals surface area contributed by atoms with Crippen LogP contribution in [0.5, 0.6) is 0 Å². The molecule has 1 atom stereocenters. The third-order valence-electron chi connectivity index (χ3n) is 2.73. The summed E-state index contributed by atoms with van der Waals surface area (Å²) in [6.45, 7) is 8.41. The highest BCUT2D eigenvalue weighted by Gasteiger charge is 2.36. The summed E-state index contributed by atoms with van der Waals surface area (Å²) in [7, 11) is 0. The largest absolute Gasteiger partial charge is 0.379 e. The van der Waals surface area contributed by atoms with E-state index in [9.17, 15) is 9.90 Å². The second-order valence-corrected chi connectivity index (χ2v) is 4.96. The van der Waals surface area contributed by atoms with Crippen LogP contribution in [-0.4, -0.2) is 40.4 Å². The summed E-state index contributed by atoms with van der Waals surface area (Å²) in [5, 5.41) is 9.68. The van der Waals surface area contributed by atoms with Crippen LogP contribution in [0.15, 0.2) is 12.2 Å². The van der Waals surface area contributed by atoms with Gasteiger partial charge >= 0.3 is 0 Å². The van der Waals surface area contributed by atoms with Gasteiger partial charge in [0.15, 0.2) is 0 Å². The van der Waals surface area contributed by atoms with Gasteiger partial charge in [-0.2, -0.15) is 0 Å². The summed E-state index contributed by atoms with van der Waals surface area (Å²) < 4.78 is 5.47. The highest BCUT2D eigenvalue weighted by molar-refractivity contribution is 5.90. The van der Waals surface area contributed by atoms with Gasteiger partial charge in [0.05, 0.1) is 6.10 Å². The van der Waals surface area contributed by atoms with Crippen molar-refractivity contribution in [1.82, 2.24) is 4.90 Å². The SMILES string of the molecule is CC(C)OCCC(C)(C)N1C(=O)C=CC1O. The zero-order valence-corrected chi connectivity index (χ0v) is 10.4. The summed E-state index contributed by atoms with van der Waals surface area (Å²) >= 11 is 0. The Hall–Kier alpha value is -0.870. The van der Waals surface area contributed by atoms with Crippen molar-refractivity contribution in [3.05, 3.63) is 12.2 Å². The van der Waals surface area contributed by atoms with Crippen molar-refractivity contribution in [1.29, 1.82) is 0 Å². The van der Waals surface area contributed by atoms with Crippen LogP contribution < -0.4 is 0 Å². The number of hydrogen-bond donors (Lipinski definition) is 1. The number of amides is 1. The minimum atomic E-state index is -0.804. The number of carbonyl (C=O) groups is 1. The molecule has 92 valence electrons. The molecule has 1 aliphatic rings. The van der Waals surface area contributed by atoms with Crippen molar-refractivity contribution in [2.24, 2.45) is 0 Å². The van der Waals surface area contributed by atoms with E-state index in [4.69, 9.17) is 4.74 Å². The van der Waals surface area contributed by atoms with Gasteiger partial charge in [-0.05, 0) is 40.2 Å². The first-order valence-corrected chi connectivity index (χ1v) is 5.66. The second-order valence-electron chi connectivity index (χ2n) is 4.96. The molecule has 0 aliphatic carbocycles. The van der Waals surface area contributed by atoms with E-state index >= 15 is 0 Å². The van der Waals surface area contributed by atoms with E-state index in [0.29, 0.717) is 13.0 Å². The quantitative estimate of drug-likeness (QED) is 0.770. The first-order chi connectivity index (χ1) is 7.34. The van der Waals surface area contributed by atoms with Crippen LogP contribution in [0.3, 0.4) is 0 Å². The minimum absolute atomic E-state index is 0.137. The maximum Gasteiger partial charge on any atom is 0.249 e. The van der Waals surface area contributed by atoms with Gasteiger partial charge < -0.3 is 14.7 Å². The fraction of sp³-hybridized carbons (Fsp3) is 0.750. The molecule has 0 fully saturated rings. The Morgan fingerprint density at radius 3 is 2.62 bits per heavy atom. The Morgan fingerprint density at radius 2 is 2.19 bits per heavy atom. The highest BCUT2D eigenvalue weighted by Crippen LogP contribution is 2.25. The number of hydrogen-bond acceptors (Lipinski definition) is 3. The van der Waals surface area contributed by atoms with E-state index in [-0.39, 0.29) is 12.0 Å². The number of rotatable bonds is 5. The molecule has 0 radical (unpaired) electrons. The number of nitrogens with zero attached hydrogens (tertiary/aromatic N) is 1. The van der Waals surface area contributed by atoms with E-state index in [0.717, 1.165) is 0 Å². The van der Waals surface area contributed by atoms with Gasteiger partial charge in [-0.3, -0.25) is 4.79 Å². The number of aliphatic hydroxyl groups excluding tert-OH is 1. The lowest BCUT2D eigenvalue weighted by Gasteiger charge is -2.38. The first-order valence-electron chi connectivity index (χ1n) is 5.66. The van der Waals surface area contributed by atoms with Crippen LogP contribution in [0.25, 0.3) is 0 Å². The van der Waals surface area contributed by atoms with Crippen LogP contribution in [0, 0.1) is 0 Å². The summed E-state index contributed by atoms with van der Waals surface area (Å²) in [5.41, 5.74) is -0.394. The fourth-order valence-electron chi connectivity index (χ4n) is 1.79. The Bertz CT molecular complexity index is 284. The predicted molar refractivity (Wildman–Crippen MR) is 61.8 cm³/mol.